The average Bonchev–Trinajstić information content (AvgIpc) is 2.77. The first-order valence-corrected chi connectivity index (χ1v) is 12.0. The fourth-order valence-electron chi connectivity index (χ4n) is 3.29. The van der Waals surface area contributed by atoms with E-state index in [0.717, 1.165) is 0 Å². The molecular formula is C18H37NO5Si. The molecule has 1 amide bonds. The number of aliphatic hydroxyl groups is 2. The molecule has 0 unspecified atom stereocenters. The lowest BCUT2D eigenvalue weighted by Gasteiger charge is -2.43. The summed E-state index contributed by atoms with van der Waals surface area (Å²) < 4.78 is 11.9. The van der Waals surface area contributed by atoms with Gasteiger partial charge in [0.2, 0.25) is 0 Å². The van der Waals surface area contributed by atoms with E-state index in [1.54, 1.807) is 4.90 Å². The molecular weight excluding hydrogens is 338 g/mol. The van der Waals surface area contributed by atoms with Gasteiger partial charge in [0.05, 0.1) is 0 Å². The van der Waals surface area contributed by atoms with Gasteiger partial charge in [-0.25, -0.2) is 4.79 Å². The second-order valence-corrected chi connectivity index (χ2v) is 11.7. The van der Waals surface area contributed by atoms with Crippen LogP contribution in [0, 0.1) is 11.3 Å². The van der Waals surface area contributed by atoms with Crippen molar-refractivity contribution in [2.75, 3.05) is 13.2 Å². The summed E-state index contributed by atoms with van der Waals surface area (Å²) in [7, 11) is -1.58. The SMILES string of the molecule is C[SiH](C)O[C@]1([C@H](O)CCO)C[C@H](C(C)(C)C)CN1C(=O)OC(C)(C)C. The summed E-state index contributed by atoms with van der Waals surface area (Å²) in [6, 6.07) is 0. The van der Waals surface area contributed by atoms with E-state index in [0.29, 0.717) is 13.0 Å². The summed E-state index contributed by atoms with van der Waals surface area (Å²) in [4.78, 5) is 14.5. The first kappa shape index (κ1) is 22.4. The van der Waals surface area contributed by atoms with Gasteiger partial charge in [0.15, 0.2) is 14.8 Å². The molecule has 148 valence electrons. The molecule has 0 radical (unpaired) electrons. The number of nitrogens with zero attached hydrogens (tertiary/aromatic N) is 1. The van der Waals surface area contributed by atoms with Crippen LogP contribution in [0.5, 0.6) is 0 Å². The maximum atomic E-state index is 12.9. The highest BCUT2D eigenvalue weighted by atomic mass is 28.3. The zero-order chi connectivity index (χ0) is 19.6. The fraction of sp³-hybridized carbons (Fsp3) is 0.944. The highest BCUT2D eigenvalue weighted by Gasteiger charge is 2.56. The predicted octanol–water partition coefficient (Wildman–Crippen LogP) is 2.73. The van der Waals surface area contributed by atoms with Crippen molar-refractivity contribution >= 4 is 15.1 Å². The Morgan fingerprint density at radius 3 is 2.24 bits per heavy atom. The third-order valence-electron chi connectivity index (χ3n) is 4.60. The van der Waals surface area contributed by atoms with Crippen LogP contribution in [0.4, 0.5) is 4.79 Å². The molecule has 0 bridgehead atoms. The van der Waals surface area contributed by atoms with Crippen molar-refractivity contribution < 1.29 is 24.2 Å². The molecule has 7 heteroatoms. The van der Waals surface area contributed by atoms with Crippen LogP contribution in [0.3, 0.4) is 0 Å². The lowest BCUT2D eigenvalue weighted by Crippen LogP contribution is -2.59. The Hall–Kier alpha value is -0.633. The van der Waals surface area contributed by atoms with Crippen LogP contribution < -0.4 is 0 Å². The number of rotatable bonds is 5. The Kier molecular flexibility index (Phi) is 7.12. The molecule has 0 aromatic rings. The molecule has 1 aliphatic rings. The summed E-state index contributed by atoms with van der Waals surface area (Å²) in [5.41, 5.74) is -1.79. The summed E-state index contributed by atoms with van der Waals surface area (Å²) in [6.07, 6.45) is -0.711. The van der Waals surface area contributed by atoms with Gasteiger partial charge in [-0.3, -0.25) is 4.90 Å². The largest absolute Gasteiger partial charge is 0.444 e. The number of hydrogen-bond donors (Lipinski definition) is 2. The number of amides is 1. The highest BCUT2D eigenvalue weighted by Crippen LogP contribution is 2.46. The minimum Gasteiger partial charge on any atom is -0.444 e. The second kappa shape index (κ2) is 7.94. The molecule has 0 aliphatic carbocycles. The molecule has 1 fully saturated rings. The third kappa shape index (κ3) is 5.67. The second-order valence-electron chi connectivity index (χ2n) is 9.40. The molecule has 1 aliphatic heterocycles. The quantitative estimate of drug-likeness (QED) is 0.722. The van der Waals surface area contributed by atoms with E-state index in [-0.39, 0.29) is 24.4 Å². The Balaban J connectivity index is 3.30. The zero-order valence-electron chi connectivity index (χ0n) is 17.1. The molecule has 1 rings (SSSR count). The summed E-state index contributed by atoms with van der Waals surface area (Å²) in [5.74, 6) is 0.168. The van der Waals surface area contributed by atoms with Crippen molar-refractivity contribution in [1.82, 2.24) is 4.90 Å². The predicted molar refractivity (Wildman–Crippen MR) is 101 cm³/mol. The zero-order valence-corrected chi connectivity index (χ0v) is 18.3. The van der Waals surface area contributed by atoms with Crippen molar-refractivity contribution in [3.8, 4) is 0 Å². The lowest BCUT2D eigenvalue weighted by molar-refractivity contribution is -0.143. The smallest absolute Gasteiger partial charge is 0.412 e. The molecule has 1 heterocycles. The number of aliphatic hydroxyl groups excluding tert-OH is 2. The van der Waals surface area contributed by atoms with Crippen molar-refractivity contribution in [2.24, 2.45) is 11.3 Å². The van der Waals surface area contributed by atoms with Gasteiger partial charge in [-0.2, -0.15) is 0 Å². The number of hydrogen-bond acceptors (Lipinski definition) is 5. The van der Waals surface area contributed by atoms with Crippen LogP contribution in [0.15, 0.2) is 0 Å². The first-order chi connectivity index (χ1) is 11.2. The van der Waals surface area contributed by atoms with Gasteiger partial charge in [0.1, 0.15) is 11.7 Å². The fourth-order valence-corrected chi connectivity index (χ4v) is 4.49. The van der Waals surface area contributed by atoms with E-state index in [1.807, 2.05) is 33.9 Å². The minimum atomic E-state index is -1.58. The van der Waals surface area contributed by atoms with E-state index < -0.39 is 32.6 Å². The molecule has 2 N–H and O–H groups in total. The number of carbonyl (C=O) groups excluding carboxylic acids is 1. The molecule has 1 saturated heterocycles. The minimum absolute atomic E-state index is 0.0388. The standard InChI is InChI=1S/C18H37NO5Si/c1-16(2,3)13-11-18(24-25(7)8,14(21)9-10-20)19(12-13)15(22)23-17(4,5)6/h13-14,20-21,25H,9-12H2,1-8H3/t13-,14+,18-/m0/s1. The Morgan fingerprint density at radius 1 is 1.28 bits per heavy atom. The van der Waals surface area contributed by atoms with E-state index in [4.69, 9.17) is 9.16 Å². The van der Waals surface area contributed by atoms with E-state index >= 15 is 0 Å². The molecule has 0 spiro atoms. The Morgan fingerprint density at radius 2 is 1.84 bits per heavy atom. The van der Waals surface area contributed by atoms with E-state index in [9.17, 15) is 15.0 Å². The molecule has 0 saturated carbocycles. The maximum Gasteiger partial charge on any atom is 0.412 e. The van der Waals surface area contributed by atoms with Gasteiger partial charge >= 0.3 is 6.09 Å². The number of carbonyl (C=O) groups is 1. The van der Waals surface area contributed by atoms with Crippen LogP contribution in [-0.4, -0.2) is 60.8 Å². The highest BCUT2D eigenvalue weighted by molar-refractivity contribution is 6.48. The van der Waals surface area contributed by atoms with Crippen molar-refractivity contribution in [3.63, 3.8) is 0 Å². The average molecular weight is 376 g/mol. The van der Waals surface area contributed by atoms with E-state index in [2.05, 4.69) is 20.8 Å². The number of likely N-dealkylation sites (tertiary alicyclic amines) is 1. The molecule has 6 nitrogen and oxygen atoms in total. The first-order valence-electron chi connectivity index (χ1n) is 9.20. The molecule has 0 aromatic carbocycles. The van der Waals surface area contributed by atoms with Crippen molar-refractivity contribution in [2.45, 2.75) is 84.9 Å². The van der Waals surface area contributed by atoms with Gasteiger partial charge in [0.25, 0.3) is 0 Å². The lowest BCUT2D eigenvalue weighted by atomic mass is 9.78. The molecule has 25 heavy (non-hydrogen) atoms. The van der Waals surface area contributed by atoms with E-state index in [1.165, 1.54) is 0 Å². The summed E-state index contributed by atoms with van der Waals surface area (Å²) in [5, 5.41) is 20.2. The maximum absolute atomic E-state index is 12.9. The van der Waals surface area contributed by atoms with Crippen LogP contribution in [0.1, 0.15) is 54.4 Å². The number of ether oxygens (including phenoxy) is 1. The van der Waals surface area contributed by atoms with Crippen LogP contribution in [0.2, 0.25) is 13.1 Å². The van der Waals surface area contributed by atoms with Gasteiger partial charge in [0, 0.05) is 26.0 Å². The van der Waals surface area contributed by atoms with Gasteiger partial charge in [-0.15, -0.1) is 0 Å². The summed E-state index contributed by atoms with van der Waals surface area (Å²) >= 11 is 0. The molecule has 3 atom stereocenters. The van der Waals surface area contributed by atoms with Crippen molar-refractivity contribution in [3.05, 3.63) is 0 Å². The Bertz CT molecular complexity index is 457. The molecule has 0 aromatic heterocycles. The van der Waals surface area contributed by atoms with Crippen molar-refractivity contribution in [1.29, 1.82) is 0 Å². The monoisotopic (exact) mass is 375 g/mol. The summed E-state index contributed by atoms with van der Waals surface area (Å²) in [6.45, 7) is 16.2. The Labute approximate surface area is 154 Å². The van der Waals surface area contributed by atoms with Crippen LogP contribution >= 0.6 is 0 Å². The van der Waals surface area contributed by atoms with Crippen LogP contribution in [0.25, 0.3) is 0 Å². The van der Waals surface area contributed by atoms with Gasteiger partial charge in [-0.05, 0) is 45.2 Å². The van der Waals surface area contributed by atoms with Gasteiger partial charge < -0.3 is 19.4 Å². The normalized spacial score (nSPS) is 26.2. The topological polar surface area (TPSA) is 79.2 Å². The van der Waals surface area contributed by atoms with Gasteiger partial charge in [-0.1, -0.05) is 20.8 Å². The third-order valence-corrected chi connectivity index (χ3v) is 5.48. The van der Waals surface area contributed by atoms with Crippen LogP contribution in [-0.2, 0) is 9.16 Å².